The van der Waals surface area contributed by atoms with Crippen molar-refractivity contribution in [1.82, 2.24) is 0 Å². The van der Waals surface area contributed by atoms with Crippen LogP contribution in [0.25, 0.3) is 0 Å². The van der Waals surface area contributed by atoms with Crippen LogP contribution in [0.4, 0.5) is 0 Å². The maximum Gasteiger partial charge on any atom is 0.121 e. The number of phenols is 1. The fourth-order valence-electron chi connectivity index (χ4n) is 1.27. The number of aromatic hydroxyl groups is 1. The average Bonchev–Trinajstić information content (AvgIpc) is 1.97. The molecule has 0 atom stereocenters. The van der Waals surface area contributed by atoms with Gasteiger partial charge in [-0.05, 0) is 49.9 Å². The van der Waals surface area contributed by atoms with E-state index in [4.69, 9.17) is 0 Å². The first-order valence-electron chi connectivity index (χ1n) is 3.80. The molecule has 0 amide bonds. The Hall–Kier alpha value is -0.980. The van der Waals surface area contributed by atoms with Crippen LogP contribution in [-0.2, 0) is 0 Å². The van der Waals surface area contributed by atoms with Crippen LogP contribution >= 0.6 is 0 Å². The molecule has 0 saturated carbocycles. The fourth-order valence-corrected chi connectivity index (χ4v) is 1.27. The molecular weight excluding hydrogens is 136 g/mol. The van der Waals surface area contributed by atoms with Gasteiger partial charge in [0, 0.05) is 0 Å². The highest BCUT2D eigenvalue weighted by atomic mass is 16.3. The van der Waals surface area contributed by atoms with E-state index in [2.05, 4.69) is 6.92 Å². The SMILES string of the molecule is Cc1cc(C)c(O)c(C)c1C. The lowest BCUT2D eigenvalue weighted by atomic mass is 10.00. The molecule has 1 nitrogen and oxygen atoms in total. The Kier molecular flexibility index (Phi) is 1.90. The molecule has 0 aliphatic rings. The molecule has 0 aromatic heterocycles. The Bertz CT molecular complexity index is 261. The first-order chi connectivity index (χ1) is 5.04. The van der Waals surface area contributed by atoms with Crippen molar-refractivity contribution in [2.75, 3.05) is 0 Å². The summed E-state index contributed by atoms with van der Waals surface area (Å²) in [5.74, 6) is 0.438. The predicted octanol–water partition coefficient (Wildman–Crippen LogP) is 2.63. The van der Waals surface area contributed by atoms with Gasteiger partial charge in [0.25, 0.3) is 0 Å². The van der Waals surface area contributed by atoms with E-state index in [-0.39, 0.29) is 0 Å². The first-order valence-corrected chi connectivity index (χ1v) is 3.80. The molecule has 1 aromatic rings. The van der Waals surface area contributed by atoms with Gasteiger partial charge in [-0.2, -0.15) is 0 Å². The van der Waals surface area contributed by atoms with Crippen molar-refractivity contribution in [3.63, 3.8) is 0 Å². The summed E-state index contributed by atoms with van der Waals surface area (Å²) in [6, 6.07) is 2.01. The van der Waals surface area contributed by atoms with Crippen LogP contribution in [0.1, 0.15) is 22.3 Å². The minimum atomic E-state index is 0.438. The first kappa shape index (κ1) is 8.12. The molecule has 11 heavy (non-hydrogen) atoms. The number of hydrogen-bond acceptors (Lipinski definition) is 1. The summed E-state index contributed by atoms with van der Waals surface area (Å²) in [6.07, 6.45) is 0. The van der Waals surface area contributed by atoms with E-state index in [1.807, 2.05) is 26.8 Å². The second kappa shape index (κ2) is 2.57. The molecule has 0 heterocycles. The van der Waals surface area contributed by atoms with Gasteiger partial charge in [-0.25, -0.2) is 0 Å². The second-order valence-corrected chi connectivity index (χ2v) is 3.11. The molecule has 0 aliphatic heterocycles. The summed E-state index contributed by atoms with van der Waals surface area (Å²) in [6.45, 7) is 7.97. The number of phenolic OH excluding ortho intramolecular Hbond substituents is 1. The van der Waals surface area contributed by atoms with Gasteiger partial charge in [0.05, 0.1) is 0 Å². The highest BCUT2D eigenvalue weighted by Crippen LogP contribution is 2.26. The molecule has 0 fully saturated rings. The van der Waals surface area contributed by atoms with Gasteiger partial charge < -0.3 is 5.11 Å². The Morgan fingerprint density at radius 1 is 0.909 bits per heavy atom. The van der Waals surface area contributed by atoms with E-state index in [0.29, 0.717) is 5.75 Å². The third-order valence-corrected chi connectivity index (χ3v) is 2.32. The van der Waals surface area contributed by atoms with Gasteiger partial charge in [0.2, 0.25) is 0 Å². The molecule has 0 radical (unpaired) electrons. The Balaban J connectivity index is 3.46. The fraction of sp³-hybridized carbons (Fsp3) is 0.400. The molecule has 60 valence electrons. The van der Waals surface area contributed by atoms with Crippen LogP contribution in [0.15, 0.2) is 6.07 Å². The summed E-state index contributed by atoms with van der Waals surface area (Å²) >= 11 is 0. The zero-order chi connectivity index (χ0) is 8.59. The van der Waals surface area contributed by atoms with Crippen LogP contribution < -0.4 is 0 Å². The lowest BCUT2D eigenvalue weighted by Gasteiger charge is -2.09. The van der Waals surface area contributed by atoms with Crippen LogP contribution in [0.5, 0.6) is 5.75 Å². The molecule has 1 aromatic carbocycles. The molecule has 0 saturated heterocycles. The second-order valence-electron chi connectivity index (χ2n) is 3.11. The zero-order valence-corrected chi connectivity index (χ0v) is 7.52. The van der Waals surface area contributed by atoms with Crippen molar-refractivity contribution in [3.05, 3.63) is 28.3 Å². The lowest BCUT2D eigenvalue weighted by Crippen LogP contribution is -1.89. The summed E-state index contributed by atoms with van der Waals surface area (Å²) < 4.78 is 0. The molecule has 1 heteroatoms. The minimum Gasteiger partial charge on any atom is -0.507 e. The standard InChI is InChI=1S/C10H14O/c1-6-5-7(2)10(11)9(4)8(6)3/h5,11H,1-4H3. The molecule has 0 bridgehead atoms. The summed E-state index contributed by atoms with van der Waals surface area (Å²) in [5.41, 5.74) is 4.40. The van der Waals surface area contributed by atoms with Crippen LogP contribution in [0, 0.1) is 27.7 Å². The number of hydrogen-bond donors (Lipinski definition) is 1. The van der Waals surface area contributed by atoms with Crippen molar-refractivity contribution in [2.45, 2.75) is 27.7 Å². The van der Waals surface area contributed by atoms with Crippen molar-refractivity contribution in [2.24, 2.45) is 0 Å². The normalized spacial score (nSPS) is 10.2. The number of benzene rings is 1. The van der Waals surface area contributed by atoms with Gasteiger partial charge in [-0.15, -0.1) is 0 Å². The van der Waals surface area contributed by atoms with Crippen molar-refractivity contribution in [1.29, 1.82) is 0 Å². The van der Waals surface area contributed by atoms with E-state index < -0.39 is 0 Å². The lowest BCUT2D eigenvalue weighted by molar-refractivity contribution is 0.466. The van der Waals surface area contributed by atoms with Crippen LogP contribution in [-0.4, -0.2) is 5.11 Å². The maximum absolute atomic E-state index is 9.51. The average molecular weight is 150 g/mol. The largest absolute Gasteiger partial charge is 0.507 e. The monoisotopic (exact) mass is 150 g/mol. The Morgan fingerprint density at radius 3 is 2.00 bits per heavy atom. The number of rotatable bonds is 0. The van der Waals surface area contributed by atoms with Crippen LogP contribution in [0.2, 0.25) is 0 Å². The molecule has 1 N–H and O–H groups in total. The summed E-state index contributed by atoms with van der Waals surface area (Å²) in [5, 5.41) is 9.51. The third-order valence-electron chi connectivity index (χ3n) is 2.32. The topological polar surface area (TPSA) is 20.2 Å². The van der Waals surface area contributed by atoms with Crippen molar-refractivity contribution < 1.29 is 5.11 Å². The summed E-state index contributed by atoms with van der Waals surface area (Å²) in [4.78, 5) is 0. The Labute approximate surface area is 67.7 Å². The highest BCUT2D eigenvalue weighted by molar-refractivity contribution is 5.47. The highest BCUT2D eigenvalue weighted by Gasteiger charge is 2.04. The molecule has 0 unspecified atom stereocenters. The predicted molar refractivity (Wildman–Crippen MR) is 47.1 cm³/mol. The van der Waals surface area contributed by atoms with Gasteiger partial charge in [0.15, 0.2) is 0 Å². The van der Waals surface area contributed by atoms with Gasteiger partial charge in [-0.3, -0.25) is 0 Å². The molecule has 0 spiro atoms. The van der Waals surface area contributed by atoms with E-state index in [1.165, 1.54) is 11.1 Å². The minimum absolute atomic E-state index is 0.438. The van der Waals surface area contributed by atoms with Crippen molar-refractivity contribution in [3.8, 4) is 5.75 Å². The quantitative estimate of drug-likeness (QED) is 0.602. The smallest absolute Gasteiger partial charge is 0.121 e. The third kappa shape index (κ3) is 1.23. The van der Waals surface area contributed by atoms with E-state index in [1.54, 1.807) is 0 Å². The van der Waals surface area contributed by atoms with E-state index in [0.717, 1.165) is 11.1 Å². The maximum atomic E-state index is 9.51. The molecule has 0 aliphatic carbocycles. The van der Waals surface area contributed by atoms with Gasteiger partial charge in [0.1, 0.15) is 5.75 Å². The van der Waals surface area contributed by atoms with Crippen LogP contribution in [0.3, 0.4) is 0 Å². The Morgan fingerprint density at radius 2 is 1.45 bits per heavy atom. The summed E-state index contributed by atoms with van der Waals surface area (Å²) in [7, 11) is 0. The van der Waals surface area contributed by atoms with E-state index >= 15 is 0 Å². The molecular formula is C10H14O. The zero-order valence-electron chi connectivity index (χ0n) is 7.52. The van der Waals surface area contributed by atoms with Gasteiger partial charge in [-0.1, -0.05) is 6.07 Å². The van der Waals surface area contributed by atoms with Gasteiger partial charge >= 0.3 is 0 Å². The van der Waals surface area contributed by atoms with Crippen molar-refractivity contribution >= 4 is 0 Å². The molecule has 1 rings (SSSR count). The number of aryl methyl sites for hydroxylation is 2. The van der Waals surface area contributed by atoms with E-state index in [9.17, 15) is 5.11 Å².